The fraction of sp³-hybridized carbons (Fsp3) is 0.381. The van der Waals surface area contributed by atoms with E-state index in [1.165, 1.54) is 0 Å². The maximum absolute atomic E-state index is 13.4. The Kier molecular flexibility index (Phi) is 3.65. The maximum Gasteiger partial charge on any atom is 0.264 e. The highest BCUT2D eigenvalue weighted by Gasteiger charge is 2.44. The smallest absolute Gasteiger partial charge is 0.264 e. The van der Waals surface area contributed by atoms with Gasteiger partial charge in [0.15, 0.2) is 0 Å². The van der Waals surface area contributed by atoms with E-state index < -0.39 is 0 Å². The zero-order valence-electron chi connectivity index (χ0n) is 16.8. The molecular formula is C21H22ClN7O. The lowest BCUT2D eigenvalue weighted by Gasteiger charge is -2.31. The number of H-pyrrole nitrogens is 1. The molecule has 0 amide bonds. The predicted molar refractivity (Wildman–Crippen MR) is 118 cm³/mol. The number of hydrogen-bond acceptors (Lipinski definition) is 5. The average Bonchev–Trinajstić information content (AvgIpc) is 3.47. The lowest BCUT2D eigenvalue weighted by molar-refractivity contribution is 0.465. The topological polar surface area (TPSA) is 97.8 Å². The van der Waals surface area contributed by atoms with Crippen LogP contribution in [-0.4, -0.2) is 42.9 Å². The summed E-state index contributed by atoms with van der Waals surface area (Å²) in [6.45, 7) is 0.856. The van der Waals surface area contributed by atoms with Crippen LogP contribution in [-0.2, 0) is 14.1 Å². The first-order valence-electron chi connectivity index (χ1n) is 10.1. The molecule has 2 aliphatic rings. The van der Waals surface area contributed by atoms with E-state index >= 15 is 0 Å². The Morgan fingerprint density at radius 1 is 1.23 bits per heavy atom. The van der Waals surface area contributed by atoms with Gasteiger partial charge < -0.3 is 15.6 Å². The van der Waals surface area contributed by atoms with Gasteiger partial charge in [-0.15, -0.1) is 0 Å². The molecule has 3 atom stereocenters. The summed E-state index contributed by atoms with van der Waals surface area (Å²) >= 11 is 6.71. The number of nitrogens with one attached hydrogen (secondary N) is 1. The van der Waals surface area contributed by atoms with Crippen molar-refractivity contribution in [1.29, 1.82) is 0 Å². The van der Waals surface area contributed by atoms with Gasteiger partial charge in [-0.05, 0) is 24.8 Å². The van der Waals surface area contributed by atoms with Crippen molar-refractivity contribution in [3.8, 4) is 11.1 Å². The van der Waals surface area contributed by atoms with E-state index in [2.05, 4.69) is 15.0 Å². The minimum absolute atomic E-state index is 0.0827. The van der Waals surface area contributed by atoms with E-state index in [0.717, 1.165) is 41.4 Å². The zero-order valence-corrected chi connectivity index (χ0v) is 17.5. The molecule has 0 radical (unpaired) electrons. The molecule has 30 heavy (non-hydrogen) atoms. The second-order valence-electron chi connectivity index (χ2n) is 8.57. The van der Waals surface area contributed by atoms with E-state index in [4.69, 9.17) is 22.3 Å². The molecule has 4 heterocycles. The summed E-state index contributed by atoms with van der Waals surface area (Å²) < 4.78 is 3.39. The molecule has 9 heteroatoms. The summed E-state index contributed by atoms with van der Waals surface area (Å²) in [4.78, 5) is 23.7. The fourth-order valence-corrected chi connectivity index (χ4v) is 5.55. The molecule has 3 aromatic heterocycles. The molecule has 1 aromatic carbocycles. The molecule has 4 aromatic rings. The highest BCUT2D eigenvalue weighted by atomic mass is 35.5. The van der Waals surface area contributed by atoms with Gasteiger partial charge in [0.25, 0.3) is 5.56 Å². The summed E-state index contributed by atoms with van der Waals surface area (Å²) in [6, 6.07) is 4.45. The third-order valence-electron chi connectivity index (χ3n) is 6.77. The van der Waals surface area contributed by atoms with Gasteiger partial charge in [-0.25, -0.2) is 0 Å². The number of nitrogens with zero attached hydrogens (tertiary/aromatic N) is 5. The largest absolute Gasteiger partial charge is 0.345 e. The van der Waals surface area contributed by atoms with E-state index in [1.54, 1.807) is 16.3 Å². The van der Waals surface area contributed by atoms with E-state index in [1.807, 2.05) is 31.6 Å². The van der Waals surface area contributed by atoms with Crippen LogP contribution in [0.3, 0.4) is 0 Å². The molecule has 1 aliphatic carbocycles. The Bertz CT molecular complexity index is 1380. The molecule has 1 saturated carbocycles. The van der Waals surface area contributed by atoms with Crippen molar-refractivity contribution in [2.45, 2.75) is 24.9 Å². The second-order valence-corrected chi connectivity index (χ2v) is 8.94. The summed E-state index contributed by atoms with van der Waals surface area (Å²) in [6.07, 6.45) is 5.73. The highest BCUT2D eigenvalue weighted by Crippen LogP contribution is 2.40. The van der Waals surface area contributed by atoms with Crippen molar-refractivity contribution in [3.63, 3.8) is 0 Å². The number of halogens is 1. The standard InChI is InChI=1S/C21H22ClN7O/c1-27-9-14-16(26-27)4-3-12(18(14)22)13-7-24-19-17(13)20(30)28(2)21(25-19)29-8-10-5-11(29)6-15(10)23/h3-4,7,9-11,15,24H,5-6,8,23H2,1-2H3. The number of nitrogens with two attached hydrogens (primary N) is 1. The molecule has 3 N–H and O–H groups in total. The van der Waals surface area contributed by atoms with Crippen LogP contribution in [0.15, 0.2) is 29.3 Å². The lowest BCUT2D eigenvalue weighted by Crippen LogP contribution is -2.43. The van der Waals surface area contributed by atoms with Crippen LogP contribution in [0.4, 0.5) is 5.95 Å². The van der Waals surface area contributed by atoms with Crippen molar-refractivity contribution in [2.75, 3.05) is 11.4 Å². The molecule has 1 saturated heterocycles. The second kappa shape index (κ2) is 6.09. The van der Waals surface area contributed by atoms with Crippen LogP contribution in [0, 0.1) is 5.92 Å². The number of aromatic amines is 1. The maximum atomic E-state index is 13.4. The van der Waals surface area contributed by atoms with Crippen LogP contribution in [0.5, 0.6) is 0 Å². The number of anilines is 1. The van der Waals surface area contributed by atoms with Gasteiger partial charge >= 0.3 is 0 Å². The van der Waals surface area contributed by atoms with Gasteiger partial charge in [0.2, 0.25) is 5.95 Å². The Morgan fingerprint density at radius 3 is 2.80 bits per heavy atom. The van der Waals surface area contributed by atoms with E-state index in [9.17, 15) is 4.79 Å². The normalized spacial score (nSPS) is 23.3. The van der Waals surface area contributed by atoms with Gasteiger partial charge in [-0.3, -0.25) is 14.0 Å². The lowest BCUT2D eigenvalue weighted by atomic mass is 10.0. The molecule has 2 fully saturated rings. The molecule has 2 bridgehead atoms. The van der Waals surface area contributed by atoms with Crippen LogP contribution >= 0.6 is 11.6 Å². The van der Waals surface area contributed by atoms with Crippen molar-refractivity contribution in [1.82, 2.24) is 24.3 Å². The molecular weight excluding hydrogens is 402 g/mol. The summed E-state index contributed by atoms with van der Waals surface area (Å²) in [7, 11) is 3.65. The number of rotatable bonds is 2. The van der Waals surface area contributed by atoms with Gasteiger partial charge in [0, 0.05) is 61.6 Å². The quantitative estimate of drug-likeness (QED) is 0.516. The van der Waals surface area contributed by atoms with E-state index in [-0.39, 0.29) is 11.6 Å². The zero-order chi connectivity index (χ0) is 20.7. The van der Waals surface area contributed by atoms with Crippen LogP contribution < -0.4 is 16.2 Å². The van der Waals surface area contributed by atoms with Crippen LogP contribution in [0.2, 0.25) is 5.02 Å². The number of benzene rings is 1. The minimum Gasteiger partial charge on any atom is -0.345 e. The molecule has 1 aliphatic heterocycles. The van der Waals surface area contributed by atoms with E-state index in [0.29, 0.717) is 34.0 Å². The monoisotopic (exact) mass is 423 g/mol. The fourth-order valence-electron chi connectivity index (χ4n) is 5.24. The Morgan fingerprint density at radius 2 is 2.07 bits per heavy atom. The SMILES string of the molecule is Cn1cc2c(Cl)c(-c3c[nH]c4nc(N5CC6CC5CC6N)n(C)c(=O)c34)ccc2n1. The third-order valence-corrected chi connectivity index (χ3v) is 7.18. The van der Waals surface area contributed by atoms with Gasteiger partial charge in [0.05, 0.1) is 15.9 Å². The average molecular weight is 424 g/mol. The number of piperidine rings is 1. The van der Waals surface area contributed by atoms with Gasteiger partial charge in [-0.1, -0.05) is 17.7 Å². The first-order chi connectivity index (χ1) is 14.4. The molecule has 3 unspecified atom stereocenters. The summed E-state index contributed by atoms with van der Waals surface area (Å²) in [5.41, 5.74) is 9.07. The Hall–Kier alpha value is -2.84. The van der Waals surface area contributed by atoms with Gasteiger partial charge in [0.1, 0.15) is 5.65 Å². The number of hydrogen-bond donors (Lipinski definition) is 2. The molecule has 0 spiro atoms. The minimum atomic E-state index is -0.0827. The number of fused-ring (bicyclic) bond motifs is 4. The van der Waals surface area contributed by atoms with Crippen molar-refractivity contribution < 1.29 is 0 Å². The van der Waals surface area contributed by atoms with Crippen molar-refractivity contribution >= 4 is 39.5 Å². The molecule has 8 nitrogen and oxygen atoms in total. The number of aromatic nitrogens is 5. The summed E-state index contributed by atoms with van der Waals surface area (Å²) in [5.74, 6) is 1.18. The van der Waals surface area contributed by atoms with Crippen LogP contribution in [0.25, 0.3) is 33.1 Å². The summed E-state index contributed by atoms with van der Waals surface area (Å²) in [5, 5.41) is 6.39. The Labute approximate surface area is 177 Å². The third kappa shape index (κ3) is 2.34. The predicted octanol–water partition coefficient (Wildman–Crippen LogP) is 2.39. The van der Waals surface area contributed by atoms with Crippen molar-refractivity contribution in [3.05, 3.63) is 39.9 Å². The van der Waals surface area contributed by atoms with Gasteiger partial charge in [-0.2, -0.15) is 10.1 Å². The highest BCUT2D eigenvalue weighted by molar-refractivity contribution is 6.38. The van der Waals surface area contributed by atoms with Crippen molar-refractivity contribution in [2.24, 2.45) is 25.7 Å². The number of aryl methyl sites for hydroxylation is 1. The first-order valence-corrected chi connectivity index (χ1v) is 10.5. The molecule has 6 rings (SSSR count). The van der Waals surface area contributed by atoms with Crippen LogP contribution in [0.1, 0.15) is 12.8 Å². The molecule has 154 valence electrons. The Balaban J connectivity index is 1.51. The first kappa shape index (κ1) is 18.0.